The molecule has 0 aromatic carbocycles. The lowest BCUT2D eigenvalue weighted by Crippen LogP contribution is -2.48. The number of nitrogens with zero attached hydrogens (tertiary/aromatic N) is 2. The number of rotatable bonds is 3. The van der Waals surface area contributed by atoms with Crippen LogP contribution in [0.2, 0.25) is 0 Å². The summed E-state index contributed by atoms with van der Waals surface area (Å²) in [5, 5.41) is 3.73. The summed E-state index contributed by atoms with van der Waals surface area (Å²) in [4.78, 5) is 5.02. The van der Waals surface area contributed by atoms with Crippen LogP contribution in [0.3, 0.4) is 0 Å². The van der Waals surface area contributed by atoms with Crippen LogP contribution in [0.25, 0.3) is 0 Å². The second-order valence-corrected chi connectivity index (χ2v) is 6.27. The van der Waals surface area contributed by atoms with Crippen molar-refractivity contribution in [3.63, 3.8) is 0 Å². The van der Waals surface area contributed by atoms with E-state index in [1.165, 1.54) is 38.9 Å². The molecule has 0 bridgehead atoms. The molecule has 2 aliphatic heterocycles. The molecule has 0 spiro atoms. The number of ether oxygens (including phenoxy) is 1. The van der Waals surface area contributed by atoms with E-state index in [4.69, 9.17) is 4.74 Å². The van der Waals surface area contributed by atoms with Gasteiger partial charge in [-0.05, 0) is 45.3 Å². The van der Waals surface area contributed by atoms with E-state index in [0.717, 1.165) is 38.2 Å². The maximum Gasteiger partial charge on any atom is 0.0829 e. The highest BCUT2D eigenvalue weighted by Gasteiger charge is 2.33. The minimum absolute atomic E-state index is 0.418. The quantitative estimate of drug-likeness (QED) is 0.787. The Labute approximate surface area is 111 Å². The lowest BCUT2D eigenvalue weighted by molar-refractivity contribution is -0.0358. The van der Waals surface area contributed by atoms with Gasteiger partial charge in [-0.15, -0.1) is 0 Å². The van der Waals surface area contributed by atoms with Crippen LogP contribution in [0.5, 0.6) is 0 Å². The van der Waals surface area contributed by atoms with E-state index in [1.54, 1.807) is 0 Å². The molecular formula is C14H27N3O. The van der Waals surface area contributed by atoms with Gasteiger partial charge in [0.25, 0.3) is 0 Å². The first-order valence-electron chi connectivity index (χ1n) is 7.57. The van der Waals surface area contributed by atoms with Crippen LogP contribution in [0.4, 0.5) is 0 Å². The zero-order chi connectivity index (χ0) is 12.4. The summed E-state index contributed by atoms with van der Waals surface area (Å²) in [5.41, 5.74) is 0. The summed E-state index contributed by atoms with van der Waals surface area (Å²) in [6.07, 6.45) is 4.58. The van der Waals surface area contributed by atoms with Crippen LogP contribution in [-0.4, -0.2) is 74.9 Å². The van der Waals surface area contributed by atoms with Crippen LogP contribution in [0.1, 0.15) is 19.3 Å². The van der Waals surface area contributed by atoms with Gasteiger partial charge in [0.1, 0.15) is 0 Å². The molecule has 3 aliphatic rings. The number of nitrogens with one attached hydrogen (secondary N) is 1. The molecule has 0 aromatic heterocycles. The van der Waals surface area contributed by atoms with Crippen molar-refractivity contribution in [2.24, 2.45) is 5.92 Å². The lowest BCUT2D eigenvalue weighted by Gasteiger charge is -2.34. The summed E-state index contributed by atoms with van der Waals surface area (Å²) < 4.78 is 5.90. The van der Waals surface area contributed by atoms with Crippen LogP contribution in [-0.2, 0) is 4.74 Å². The van der Waals surface area contributed by atoms with Gasteiger partial charge in [-0.25, -0.2) is 0 Å². The first-order valence-corrected chi connectivity index (χ1v) is 7.57. The van der Waals surface area contributed by atoms with E-state index in [0.29, 0.717) is 6.10 Å². The Kier molecular flexibility index (Phi) is 4.19. The maximum absolute atomic E-state index is 5.90. The van der Waals surface area contributed by atoms with E-state index in [2.05, 4.69) is 22.2 Å². The Balaban J connectivity index is 1.50. The molecular weight excluding hydrogens is 226 g/mol. The highest BCUT2D eigenvalue weighted by molar-refractivity contribution is 4.90. The maximum atomic E-state index is 5.90. The Morgan fingerprint density at radius 1 is 1.22 bits per heavy atom. The normalized spacial score (nSPS) is 36.5. The predicted octanol–water partition coefficient (Wildman–Crippen LogP) is 0.391. The molecule has 4 nitrogen and oxygen atoms in total. The van der Waals surface area contributed by atoms with Gasteiger partial charge in [0.2, 0.25) is 0 Å². The van der Waals surface area contributed by atoms with E-state index >= 15 is 0 Å². The molecule has 4 heteroatoms. The van der Waals surface area contributed by atoms with E-state index in [-0.39, 0.29) is 0 Å². The molecule has 2 unspecified atom stereocenters. The molecule has 3 fully saturated rings. The van der Waals surface area contributed by atoms with Crippen molar-refractivity contribution in [1.29, 1.82) is 0 Å². The number of likely N-dealkylation sites (N-methyl/N-ethyl adjacent to an activating group) is 1. The SMILES string of the molecule is CN1CCOC(CN2CCCNC(C3CC3)C2)C1. The van der Waals surface area contributed by atoms with E-state index in [1.807, 2.05) is 0 Å². The van der Waals surface area contributed by atoms with Crippen molar-refractivity contribution in [2.45, 2.75) is 31.4 Å². The summed E-state index contributed by atoms with van der Waals surface area (Å²) in [5.74, 6) is 0.959. The van der Waals surface area contributed by atoms with Crippen LogP contribution in [0, 0.1) is 5.92 Å². The molecule has 18 heavy (non-hydrogen) atoms. The zero-order valence-electron chi connectivity index (χ0n) is 11.6. The third-order valence-electron chi connectivity index (χ3n) is 4.51. The second kappa shape index (κ2) is 5.87. The van der Waals surface area contributed by atoms with Gasteiger partial charge in [-0.3, -0.25) is 4.90 Å². The standard InChI is InChI=1S/C14H27N3O/c1-16-7-8-18-13(9-16)10-17-6-2-5-15-14(11-17)12-3-4-12/h12-15H,2-11H2,1H3. The second-order valence-electron chi connectivity index (χ2n) is 6.27. The van der Waals surface area contributed by atoms with Gasteiger partial charge in [-0.1, -0.05) is 0 Å². The summed E-state index contributed by atoms with van der Waals surface area (Å²) in [6, 6.07) is 0.744. The van der Waals surface area contributed by atoms with Gasteiger partial charge in [0.05, 0.1) is 12.7 Å². The lowest BCUT2D eigenvalue weighted by atomic mass is 10.1. The van der Waals surface area contributed by atoms with Gasteiger partial charge in [0.15, 0.2) is 0 Å². The molecule has 2 saturated heterocycles. The monoisotopic (exact) mass is 253 g/mol. The molecule has 3 rings (SSSR count). The summed E-state index contributed by atoms with van der Waals surface area (Å²) in [6.45, 7) is 7.87. The van der Waals surface area contributed by atoms with E-state index < -0.39 is 0 Å². The molecule has 1 N–H and O–H groups in total. The molecule has 104 valence electrons. The van der Waals surface area contributed by atoms with Crippen molar-refractivity contribution in [1.82, 2.24) is 15.1 Å². The highest BCUT2D eigenvalue weighted by Crippen LogP contribution is 2.33. The Bertz CT molecular complexity index is 270. The number of hydrogen-bond donors (Lipinski definition) is 1. The van der Waals surface area contributed by atoms with Crippen LogP contribution in [0.15, 0.2) is 0 Å². The van der Waals surface area contributed by atoms with Crippen molar-refractivity contribution >= 4 is 0 Å². The molecule has 1 aliphatic carbocycles. The predicted molar refractivity (Wildman–Crippen MR) is 72.8 cm³/mol. The molecule has 0 amide bonds. The van der Waals surface area contributed by atoms with Gasteiger partial charge < -0.3 is 15.0 Å². The fourth-order valence-corrected chi connectivity index (χ4v) is 3.27. The van der Waals surface area contributed by atoms with Crippen molar-refractivity contribution in [3.8, 4) is 0 Å². The Morgan fingerprint density at radius 3 is 2.89 bits per heavy atom. The average Bonchev–Trinajstić information content (AvgIpc) is 3.15. The van der Waals surface area contributed by atoms with Gasteiger partial charge in [-0.2, -0.15) is 0 Å². The molecule has 0 aromatic rings. The van der Waals surface area contributed by atoms with Gasteiger partial charge >= 0.3 is 0 Å². The largest absolute Gasteiger partial charge is 0.374 e. The molecule has 0 radical (unpaired) electrons. The first-order chi connectivity index (χ1) is 8.81. The van der Waals surface area contributed by atoms with Crippen molar-refractivity contribution in [3.05, 3.63) is 0 Å². The summed E-state index contributed by atoms with van der Waals surface area (Å²) in [7, 11) is 2.20. The third-order valence-corrected chi connectivity index (χ3v) is 4.51. The van der Waals surface area contributed by atoms with Gasteiger partial charge in [0, 0.05) is 32.2 Å². The van der Waals surface area contributed by atoms with Crippen molar-refractivity contribution < 1.29 is 4.74 Å². The highest BCUT2D eigenvalue weighted by atomic mass is 16.5. The van der Waals surface area contributed by atoms with Crippen LogP contribution < -0.4 is 5.32 Å². The third kappa shape index (κ3) is 3.44. The molecule has 2 heterocycles. The Morgan fingerprint density at radius 2 is 2.11 bits per heavy atom. The average molecular weight is 253 g/mol. The minimum atomic E-state index is 0.418. The first kappa shape index (κ1) is 12.9. The number of morpholine rings is 1. The smallest absolute Gasteiger partial charge is 0.0829 e. The molecule has 1 saturated carbocycles. The van der Waals surface area contributed by atoms with Crippen molar-refractivity contribution in [2.75, 3.05) is 52.9 Å². The fraction of sp³-hybridized carbons (Fsp3) is 1.00. The topological polar surface area (TPSA) is 27.7 Å². The van der Waals surface area contributed by atoms with E-state index in [9.17, 15) is 0 Å². The zero-order valence-corrected chi connectivity index (χ0v) is 11.6. The Hall–Kier alpha value is -0.160. The fourth-order valence-electron chi connectivity index (χ4n) is 3.27. The minimum Gasteiger partial charge on any atom is -0.374 e. The molecule has 2 atom stereocenters. The number of hydrogen-bond acceptors (Lipinski definition) is 4. The van der Waals surface area contributed by atoms with Crippen LogP contribution >= 0.6 is 0 Å². The summed E-state index contributed by atoms with van der Waals surface area (Å²) >= 11 is 0.